The number of hydrogen-bond acceptors (Lipinski definition) is 2. The lowest BCUT2D eigenvalue weighted by atomic mass is 10.1. The fraction of sp³-hybridized carbons (Fsp3) is 0.286. The zero-order valence-electron chi connectivity index (χ0n) is 9.90. The van der Waals surface area contributed by atoms with Crippen LogP contribution in [0.2, 0.25) is 5.15 Å². The van der Waals surface area contributed by atoms with E-state index >= 15 is 0 Å². The van der Waals surface area contributed by atoms with Crippen molar-refractivity contribution in [2.45, 2.75) is 19.4 Å². The van der Waals surface area contributed by atoms with Crippen LogP contribution in [0.5, 0.6) is 0 Å². The quantitative estimate of drug-likeness (QED) is 0.778. The molecule has 0 unspecified atom stereocenters. The zero-order chi connectivity index (χ0) is 12.5. The first-order chi connectivity index (χ1) is 8.74. The molecule has 1 fully saturated rings. The van der Waals surface area contributed by atoms with Crippen molar-refractivity contribution in [3.63, 3.8) is 0 Å². The summed E-state index contributed by atoms with van der Waals surface area (Å²) >= 11 is 6.08. The molecule has 0 radical (unpaired) electrons. The molecule has 0 saturated carbocycles. The Labute approximate surface area is 110 Å². The van der Waals surface area contributed by atoms with Crippen LogP contribution in [0.4, 0.5) is 0 Å². The van der Waals surface area contributed by atoms with Gasteiger partial charge in [-0.05, 0) is 29.5 Å². The lowest BCUT2D eigenvalue weighted by molar-refractivity contribution is -0.128. The van der Waals surface area contributed by atoms with Crippen LogP contribution in [0.15, 0.2) is 30.5 Å². The Morgan fingerprint density at radius 3 is 3.00 bits per heavy atom. The SMILES string of the molecule is O=C1CCCN1Cc1ccc2ccnc(Cl)c2c1. The van der Waals surface area contributed by atoms with Gasteiger partial charge >= 0.3 is 0 Å². The Morgan fingerprint density at radius 2 is 2.22 bits per heavy atom. The minimum Gasteiger partial charge on any atom is -0.338 e. The summed E-state index contributed by atoms with van der Waals surface area (Å²) in [7, 11) is 0. The van der Waals surface area contributed by atoms with Gasteiger partial charge in [-0.25, -0.2) is 4.98 Å². The van der Waals surface area contributed by atoms with Gasteiger partial charge in [-0.15, -0.1) is 0 Å². The number of aromatic nitrogens is 1. The summed E-state index contributed by atoms with van der Waals surface area (Å²) in [6, 6.07) is 8.03. The molecule has 0 atom stereocenters. The summed E-state index contributed by atoms with van der Waals surface area (Å²) < 4.78 is 0. The van der Waals surface area contributed by atoms with Crippen molar-refractivity contribution < 1.29 is 4.79 Å². The summed E-state index contributed by atoms with van der Waals surface area (Å²) in [4.78, 5) is 17.6. The summed E-state index contributed by atoms with van der Waals surface area (Å²) in [5.74, 6) is 0.243. The molecule has 1 saturated heterocycles. The van der Waals surface area contributed by atoms with E-state index in [0.29, 0.717) is 18.1 Å². The number of amides is 1. The molecule has 2 heterocycles. The van der Waals surface area contributed by atoms with E-state index in [1.54, 1.807) is 6.20 Å². The Kier molecular flexibility index (Phi) is 2.92. The molecular weight excluding hydrogens is 248 g/mol. The molecule has 18 heavy (non-hydrogen) atoms. The van der Waals surface area contributed by atoms with Crippen molar-refractivity contribution in [2.24, 2.45) is 0 Å². The van der Waals surface area contributed by atoms with Crippen molar-refractivity contribution in [3.05, 3.63) is 41.2 Å². The number of likely N-dealkylation sites (tertiary alicyclic amines) is 1. The lowest BCUT2D eigenvalue weighted by Gasteiger charge is -2.15. The molecule has 1 aromatic carbocycles. The number of hydrogen-bond donors (Lipinski definition) is 0. The average molecular weight is 261 g/mol. The maximum absolute atomic E-state index is 11.6. The molecular formula is C14H13ClN2O. The van der Waals surface area contributed by atoms with E-state index in [9.17, 15) is 4.79 Å². The Bertz CT molecular complexity index is 612. The van der Waals surface area contributed by atoms with Crippen LogP contribution < -0.4 is 0 Å². The van der Waals surface area contributed by atoms with E-state index in [4.69, 9.17) is 11.6 Å². The molecule has 4 heteroatoms. The van der Waals surface area contributed by atoms with Gasteiger partial charge in [0.05, 0.1) is 0 Å². The topological polar surface area (TPSA) is 33.2 Å². The van der Waals surface area contributed by atoms with E-state index in [-0.39, 0.29) is 5.91 Å². The van der Waals surface area contributed by atoms with Gasteiger partial charge in [-0.1, -0.05) is 23.7 Å². The highest BCUT2D eigenvalue weighted by atomic mass is 35.5. The number of nitrogens with zero attached hydrogens (tertiary/aromatic N) is 2. The Balaban J connectivity index is 1.93. The van der Waals surface area contributed by atoms with Gasteiger partial charge in [0.15, 0.2) is 0 Å². The highest BCUT2D eigenvalue weighted by molar-refractivity contribution is 6.34. The first-order valence-electron chi connectivity index (χ1n) is 6.05. The van der Waals surface area contributed by atoms with E-state index in [1.165, 1.54) is 0 Å². The maximum Gasteiger partial charge on any atom is 0.222 e. The Morgan fingerprint density at radius 1 is 1.33 bits per heavy atom. The number of carbonyl (C=O) groups excluding carboxylic acids is 1. The number of halogens is 1. The molecule has 1 amide bonds. The molecule has 0 spiro atoms. The number of benzene rings is 1. The first-order valence-corrected chi connectivity index (χ1v) is 6.43. The maximum atomic E-state index is 11.6. The van der Waals surface area contributed by atoms with Crippen molar-refractivity contribution in [1.29, 1.82) is 0 Å². The molecule has 3 nitrogen and oxygen atoms in total. The van der Waals surface area contributed by atoms with Gasteiger partial charge in [0, 0.05) is 31.1 Å². The summed E-state index contributed by atoms with van der Waals surface area (Å²) in [6.45, 7) is 1.53. The Hall–Kier alpha value is -1.61. The van der Waals surface area contributed by atoms with Gasteiger partial charge < -0.3 is 4.90 Å². The van der Waals surface area contributed by atoms with Crippen LogP contribution in [0, 0.1) is 0 Å². The highest BCUT2D eigenvalue weighted by Gasteiger charge is 2.20. The van der Waals surface area contributed by atoms with Crippen LogP contribution in [-0.4, -0.2) is 22.3 Å². The van der Waals surface area contributed by atoms with Gasteiger partial charge in [0.25, 0.3) is 0 Å². The molecule has 3 rings (SSSR count). The summed E-state index contributed by atoms with van der Waals surface area (Å²) in [5, 5.41) is 2.54. The van der Waals surface area contributed by atoms with E-state index in [2.05, 4.69) is 4.98 Å². The molecule has 0 aliphatic carbocycles. The molecule has 2 aromatic rings. The fourth-order valence-corrected chi connectivity index (χ4v) is 2.59. The molecule has 0 bridgehead atoms. The second-order valence-corrected chi connectivity index (χ2v) is 4.93. The van der Waals surface area contributed by atoms with E-state index in [0.717, 1.165) is 29.3 Å². The summed E-state index contributed by atoms with van der Waals surface area (Å²) in [5.41, 5.74) is 1.10. The second kappa shape index (κ2) is 4.58. The smallest absolute Gasteiger partial charge is 0.222 e. The normalized spacial score (nSPS) is 15.6. The highest BCUT2D eigenvalue weighted by Crippen LogP contribution is 2.23. The summed E-state index contributed by atoms with van der Waals surface area (Å²) in [6.07, 6.45) is 3.35. The van der Waals surface area contributed by atoms with Crippen LogP contribution in [-0.2, 0) is 11.3 Å². The van der Waals surface area contributed by atoms with Gasteiger partial charge in [0.1, 0.15) is 5.15 Å². The van der Waals surface area contributed by atoms with Crippen LogP contribution >= 0.6 is 11.6 Å². The predicted molar refractivity (Wildman–Crippen MR) is 71.4 cm³/mol. The van der Waals surface area contributed by atoms with E-state index < -0.39 is 0 Å². The van der Waals surface area contributed by atoms with Gasteiger partial charge in [-0.3, -0.25) is 4.79 Å². The first kappa shape index (κ1) is 11.5. The van der Waals surface area contributed by atoms with Gasteiger partial charge in [0.2, 0.25) is 5.91 Å². The number of fused-ring (bicyclic) bond motifs is 1. The third-order valence-electron chi connectivity index (χ3n) is 3.33. The molecule has 1 aromatic heterocycles. The minimum atomic E-state index is 0.243. The molecule has 1 aliphatic heterocycles. The number of carbonyl (C=O) groups is 1. The van der Waals surface area contributed by atoms with Crippen molar-refractivity contribution >= 4 is 28.3 Å². The molecule has 0 N–H and O–H groups in total. The standard InChI is InChI=1S/C14H13ClN2O/c15-14-12-8-10(3-4-11(12)5-6-16-14)9-17-7-1-2-13(17)18/h3-6,8H,1-2,7,9H2. The van der Waals surface area contributed by atoms with Crippen LogP contribution in [0.3, 0.4) is 0 Å². The molecule has 1 aliphatic rings. The lowest BCUT2D eigenvalue weighted by Crippen LogP contribution is -2.23. The predicted octanol–water partition coefficient (Wildman–Crippen LogP) is 3.01. The number of pyridine rings is 1. The monoisotopic (exact) mass is 260 g/mol. The number of rotatable bonds is 2. The van der Waals surface area contributed by atoms with Crippen LogP contribution in [0.1, 0.15) is 18.4 Å². The van der Waals surface area contributed by atoms with E-state index in [1.807, 2.05) is 29.2 Å². The van der Waals surface area contributed by atoms with Crippen molar-refractivity contribution in [3.8, 4) is 0 Å². The second-order valence-electron chi connectivity index (χ2n) is 4.58. The molecule has 92 valence electrons. The van der Waals surface area contributed by atoms with Crippen LogP contribution in [0.25, 0.3) is 10.8 Å². The van der Waals surface area contributed by atoms with Gasteiger partial charge in [-0.2, -0.15) is 0 Å². The van der Waals surface area contributed by atoms with Crippen molar-refractivity contribution in [2.75, 3.05) is 6.54 Å². The minimum absolute atomic E-state index is 0.243. The van der Waals surface area contributed by atoms with Crippen molar-refractivity contribution in [1.82, 2.24) is 9.88 Å². The third-order valence-corrected chi connectivity index (χ3v) is 3.63. The largest absolute Gasteiger partial charge is 0.338 e. The third kappa shape index (κ3) is 2.06. The average Bonchev–Trinajstić information content (AvgIpc) is 2.76. The fourth-order valence-electron chi connectivity index (χ4n) is 2.37. The zero-order valence-corrected chi connectivity index (χ0v) is 10.7.